The molecule has 0 saturated heterocycles. The summed E-state index contributed by atoms with van der Waals surface area (Å²) >= 11 is 0. The third-order valence-corrected chi connectivity index (χ3v) is 5.72. The average Bonchev–Trinajstić information content (AvgIpc) is 3.28. The van der Waals surface area contributed by atoms with Crippen LogP contribution in [0.25, 0.3) is 33.5 Å². The summed E-state index contributed by atoms with van der Waals surface area (Å²) in [6.07, 6.45) is 1.67. The van der Waals surface area contributed by atoms with Gasteiger partial charge in [-0.2, -0.15) is 5.10 Å². The Hall–Kier alpha value is -4.31. The SMILES string of the molecule is COC(C)(C)C(=O)Nc1ccccc1-c1nc(C(N)=O)c(N)c(-c2c(C)ccc3[nH]ncc23)n1. The van der Waals surface area contributed by atoms with Crippen LogP contribution >= 0.6 is 0 Å². The second-order valence-corrected chi connectivity index (χ2v) is 8.33. The maximum Gasteiger partial charge on any atom is 0.269 e. The van der Waals surface area contributed by atoms with Crippen molar-refractivity contribution in [1.29, 1.82) is 0 Å². The molecule has 0 aliphatic carbocycles. The molecule has 34 heavy (non-hydrogen) atoms. The molecule has 0 atom stereocenters. The van der Waals surface area contributed by atoms with Crippen LogP contribution in [0.1, 0.15) is 29.9 Å². The summed E-state index contributed by atoms with van der Waals surface area (Å²) in [5.74, 6) is -0.960. The van der Waals surface area contributed by atoms with Gasteiger partial charge in [0.25, 0.3) is 11.8 Å². The van der Waals surface area contributed by atoms with E-state index in [1.807, 2.05) is 19.1 Å². The molecule has 0 spiro atoms. The molecule has 6 N–H and O–H groups in total. The summed E-state index contributed by atoms with van der Waals surface area (Å²) in [6.45, 7) is 5.22. The van der Waals surface area contributed by atoms with E-state index in [0.29, 0.717) is 22.5 Å². The van der Waals surface area contributed by atoms with Gasteiger partial charge >= 0.3 is 0 Å². The van der Waals surface area contributed by atoms with Gasteiger partial charge in [-0.05, 0) is 44.5 Å². The van der Waals surface area contributed by atoms with Crippen LogP contribution in [-0.4, -0.2) is 44.7 Å². The zero-order valence-electron chi connectivity index (χ0n) is 19.3. The second-order valence-electron chi connectivity index (χ2n) is 8.33. The quantitative estimate of drug-likeness (QED) is 0.344. The lowest BCUT2D eigenvalue weighted by molar-refractivity contribution is -0.133. The summed E-state index contributed by atoms with van der Waals surface area (Å²) < 4.78 is 5.28. The molecule has 2 amide bonds. The molecule has 2 heterocycles. The fourth-order valence-electron chi connectivity index (χ4n) is 3.56. The van der Waals surface area contributed by atoms with Gasteiger partial charge in [0.1, 0.15) is 5.60 Å². The van der Waals surface area contributed by atoms with Crippen LogP contribution in [0.3, 0.4) is 0 Å². The number of aryl methyl sites for hydroxylation is 1. The van der Waals surface area contributed by atoms with Crippen LogP contribution < -0.4 is 16.8 Å². The lowest BCUT2D eigenvalue weighted by Crippen LogP contribution is -2.38. The first-order chi connectivity index (χ1) is 16.1. The van der Waals surface area contributed by atoms with E-state index in [0.717, 1.165) is 16.5 Å². The number of hydrogen-bond donors (Lipinski definition) is 4. The lowest BCUT2D eigenvalue weighted by Gasteiger charge is -2.22. The molecule has 0 radical (unpaired) electrons. The van der Waals surface area contributed by atoms with Gasteiger partial charge in [0.2, 0.25) is 0 Å². The molecule has 4 rings (SSSR count). The number of fused-ring (bicyclic) bond motifs is 1. The smallest absolute Gasteiger partial charge is 0.269 e. The Bertz CT molecular complexity index is 1430. The number of para-hydroxylation sites is 1. The number of carbonyl (C=O) groups is 2. The number of aromatic amines is 1. The van der Waals surface area contributed by atoms with E-state index in [1.165, 1.54) is 7.11 Å². The highest BCUT2D eigenvalue weighted by molar-refractivity contribution is 6.05. The first-order valence-electron chi connectivity index (χ1n) is 10.5. The second kappa shape index (κ2) is 8.56. The van der Waals surface area contributed by atoms with Crippen LogP contribution in [0.15, 0.2) is 42.6 Å². The van der Waals surface area contributed by atoms with Gasteiger partial charge in [0.05, 0.1) is 28.8 Å². The van der Waals surface area contributed by atoms with Gasteiger partial charge in [-0.3, -0.25) is 14.7 Å². The molecule has 4 aromatic rings. The number of rotatable bonds is 6. The van der Waals surface area contributed by atoms with Gasteiger partial charge in [0.15, 0.2) is 11.5 Å². The van der Waals surface area contributed by atoms with E-state index in [2.05, 4.69) is 20.5 Å². The zero-order valence-corrected chi connectivity index (χ0v) is 19.3. The number of methoxy groups -OCH3 is 1. The number of H-pyrrole nitrogens is 1. The molecule has 0 fully saturated rings. The number of primary amides is 1. The summed E-state index contributed by atoms with van der Waals surface area (Å²) in [7, 11) is 1.46. The van der Waals surface area contributed by atoms with Crippen molar-refractivity contribution in [2.75, 3.05) is 18.2 Å². The van der Waals surface area contributed by atoms with E-state index < -0.39 is 11.5 Å². The van der Waals surface area contributed by atoms with Gasteiger partial charge < -0.3 is 21.5 Å². The number of aromatic nitrogens is 4. The Balaban J connectivity index is 1.95. The predicted molar refractivity (Wildman–Crippen MR) is 130 cm³/mol. The standard InChI is InChI=1S/C24H25N7O3/c1-12-9-10-16-14(11-27-31-16)17(12)19-18(25)20(21(26)32)30-22(29-19)13-7-5-6-8-15(13)28-23(33)24(2,3)34-4/h5-11H,25H2,1-4H3,(H2,26,32)(H,27,31)(H,28,33). The van der Waals surface area contributed by atoms with E-state index in [-0.39, 0.29) is 23.1 Å². The molecule has 174 valence electrons. The topological polar surface area (TPSA) is 162 Å². The summed E-state index contributed by atoms with van der Waals surface area (Å²) in [5, 5.41) is 10.7. The molecule has 0 aliphatic rings. The van der Waals surface area contributed by atoms with Crippen molar-refractivity contribution in [3.63, 3.8) is 0 Å². The van der Waals surface area contributed by atoms with Crippen molar-refractivity contribution >= 4 is 34.1 Å². The van der Waals surface area contributed by atoms with Crippen LogP contribution in [0.2, 0.25) is 0 Å². The molecule has 0 bridgehead atoms. The Labute approximate surface area is 195 Å². The van der Waals surface area contributed by atoms with Crippen molar-refractivity contribution < 1.29 is 14.3 Å². The van der Waals surface area contributed by atoms with Gasteiger partial charge in [-0.15, -0.1) is 0 Å². The minimum absolute atomic E-state index is 0.0649. The van der Waals surface area contributed by atoms with Crippen molar-refractivity contribution in [2.24, 2.45) is 5.73 Å². The minimum atomic E-state index is -1.06. The highest BCUT2D eigenvalue weighted by atomic mass is 16.5. The largest absolute Gasteiger partial charge is 0.395 e. The van der Waals surface area contributed by atoms with Crippen LogP contribution in [0.5, 0.6) is 0 Å². The number of nitrogens with two attached hydrogens (primary N) is 2. The molecule has 2 aromatic carbocycles. The highest BCUT2D eigenvalue weighted by Gasteiger charge is 2.28. The van der Waals surface area contributed by atoms with Crippen LogP contribution in [-0.2, 0) is 9.53 Å². The molecule has 10 heteroatoms. The number of benzene rings is 2. The first kappa shape index (κ1) is 22.9. The maximum atomic E-state index is 12.7. The van der Waals surface area contributed by atoms with Gasteiger partial charge in [-0.1, -0.05) is 18.2 Å². The third-order valence-electron chi connectivity index (χ3n) is 5.72. The number of carbonyl (C=O) groups excluding carboxylic acids is 2. The first-order valence-corrected chi connectivity index (χ1v) is 10.5. The number of anilines is 2. The van der Waals surface area contributed by atoms with Gasteiger partial charge in [-0.25, -0.2) is 9.97 Å². The number of hydrogen-bond acceptors (Lipinski definition) is 7. The van der Waals surface area contributed by atoms with E-state index >= 15 is 0 Å². The Morgan fingerprint density at radius 2 is 1.85 bits per heavy atom. The average molecular weight is 460 g/mol. The fraction of sp³-hybridized carbons (Fsp3) is 0.208. The molecular formula is C24H25N7O3. The molecule has 0 saturated carbocycles. The Morgan fingerprint density at radius 1 is 1.12 bits per heavy atom. The predicted octanol–water partition coefficient (Wildman–Crippen LogP) is 3.04. The number of nitrogens with one attached hydrogen (secondary N) is 2. The Morgan fingerprint density at radius 3 is 2.56 bits per heavy atom. The van der Waals surface area contributed by atoms with Crippen molar-refractivity contribution in [3.05, 3.63) is 53.9 Å². The monoisotopic (exact) mass is 459 g/mol. The van der Waals surface area contributed by atoms with E-state index in [1.54, 1.807) is 44.3 Å². The normalized spacial score (nSPS) is 11.5. The number of amides is 2. The summed E-state index contributed by atoms with van der Waals surface area (Å²) in [6, 6.07) is 10.8. The summed E-state index contributed by atoms with van der Waals surface area (Å²) in [5.41, 5.74) is 14.5. The van der Waals surface area contributed by atoms with E-state index in [4.69, 9.17) is 21.2 Å². The number of ether oxygens (including phenoxy) is 1. The molecule has 0 unspecified atom stereocenters. The number of nitrogen functional groups attached to an aromatic ring is 1. The maximum absolute atomic E-state index is 12.7. The van der Waals surface area contributed by atoms with Crippen molar-refractivity contribution in [1.82, 2.24) is 20.2 Å². The lowest BCUT2D eigenvalue weighted by atomic mass is 9.99. The molecule has 0 aliphatic heterocycles. The Kier molecular flexibility index (Phi) is 5.76. The van der Waals surface area contributed by atoms with Crippen LogP contribution in [0.4, 0.5) is 11.4 Å². The molecule has 10 nitrogen and oxygen atoms in total. The third kappa shape index (κ3) is 3.95. The highest BCUT2D eigenvalue weighted by Crippen LogP contribution is 2.37. The molecular weight excluding hydrogens is 434 g/mol. The number of nitrogens with zero attached hydrogens (tertiary/aromatic N) is 3. The van der Waals surface area contributed by atoms with Crippen molar-refractivity contribution in [2.45, 2.75) is 26.4 Å². The summed E-state index contributed by atoms with van der Waals surface area (Å²) in [4.78, 5) is 34.1. The van der Waals surface area contributed by atoms with Crippen LogP contribution in [0, 0.1) is 6.92 Å². The molecule has 2 aromatic heterocycles. The van der Waals surface area contributed by atoms with Crippen molar-refractivity contribution in [3.8, 4) is 22.6 Å². The van der Waals surface area contributed by atoms with Gasteiger partial charge in [0, 0.05) is 23.6 Å². The fourth-order valence-corrected chi connectivity index (χ4v) is 3.56. The zero-order chi connectivity index (χ0) is 24.6. The minimum Gasteiger partial charge on any atom is -0.395 e. The van der Waals surface area contributed by atoms with E-state index in [9.17, 15) is 9.59 Å².